The van der Waals surface area contributed by atoms with E-state index in [0.717, 1.165) is 6.07 Å². The molecule has 23 heavy (non-hydrogen) atoms. The second-order valence-corrected chi connectivity index (χ2v) is 5.11. The quantitative estimate of drug-likeness (QED) is 0.766. The standard InChI is InChI=1S/C15H14ClF3N4/c1-3-6-20-14-21-9(2)7-13(23-14)22-10-4-5-12(16)11(8-10)15(17,18)19/h3-5,7-8H,1,6H2,2H3,(H2,20,21,22,23). The van der Waals surface area contributed by atoms with Gasteiger partial charge in [0.05, 0.1) is 10.6 Å². The minimum Gasteiger partial charge on any atom is -0.351 e. The average Bonchev–Trinajstić information content (AvgIpc) is 2.45. The number of benzene rings is 1. The van der Waals surface area contributed by atoms with Crippen molar-refractivity contribution in [2.75, 3.05) is 17.2 Å². The Morgan fingerprint density at radius 1 is 1.26 bits per heavy atom. The molecule has 0 aliphatic heterocycles. The maximum Gasteiger partial charge on any atom is 0.417 e. The van der Waals surface area contributed by atoms with E-state index in [1.807, 2.05) is 0 Å². The van der Waals surface area contributed by atoms with Crippen molar-refractivity contribution in [3.8, 4) is 0 Å². The Balaban J connectivity index is 2.28. The van der Waals surface area contributed by atoms with Crippen molar-refractivity contribution in [2.24, 2.45) is 0 Å². The first-order chi connectivity index (χ1) is 10.8. The third kappa shape index (κ3) is 4.59. The van der Waals surface area contributed by atoms with Crippen LogP contribution in [0.3, 0.4) is 0 Å². The Morgan fingerprint density at radius 3 is 2.65 bits per heavy atom. The van der Waals surface area contributed by atoms with E-state index in [1.165, 1.54) is 12.1 Å². The highest BCUT2D eigenvalue weighted by atomic mass is 35.5. The molecule has 2 N–H and O–H groups in total. The highest BCUT2D eigenvalue weighted by Gasteiger charge is 2.33. The van der Waals surface area contributed by atoms with E-state index in [0.29, 0.717) is 24.0 Å². The third-order valence-electron chi connectivity index (χ3n) is 2.80. The van der Waals surface area contributed by atoms with Crippen LogP contribution >= 0.6 is 11.6 Å². The Kier molecular flexibility index (Phi) is 5.10. The number of nitrogens with one attached hydrogen (secondary N) is 2. The molecule has 0 unspecified atom stereocenters. The van der Waals surface area contributed by atoms with E-state index in [4.69, 9.17) is 11.6 Å². The molecule has 122 valence electrons. The Morgan fingerprint density at radius 2 is 2.00 bits per heavy atom. The van der Waals surface area contributed by atoms with Gasteiger partial charge in [-0.3, -0.25) is 0 Å². The van der Waals surface area contributed by atoms with E-state index in [2.05, 4.69) is 27.2 Å². The lowest BCUT2D eigenvalue weighted by Gasteiger charge is -2.13. The van der Waals surface area contributed by atoms with E-state index >= 15 is 0 Å². The SMILES string of the molecule is C=CCNc1nc(C)cc(Nc2ccc(Cl)c(C(F)(F)F)c2)n1. The molecule has 0 aliphatic rings. The molecule has 1 aromatic carbocycles. The summed E-state index contributed by atoms with van der Waals surface area (Å²) in [5.74, 6) is 0.733. The maximum atomic E-state index is 12.9. The van der Waals surface area contributed by atoms with Gasteiger partial charge in [-0.25, -0.2) is 4.98 Å². The van der Waals surface area contributed by atoms with Crippen molar-refractivity contribution in [3.05, 3.63) is 53.2 Å². The molecular formula is C15H14ClF3N4. The zero-order chi connectivity index (χ0) is 17.0. The second kappa shape index (κ2) is 6.87. The molecule has 4 nitrogen and oxygen atoms in total. The number of nitrogens with zero attached hydrogens (tertiary/aromatic N) is 2. The Hall–Kier alpha value is -2.28. The zero-order valence-corrected chi connectivity index (χ0v) is 13.0. The van der Waals surface area contributed by atoms with Crippen LogP contribution in [0.2, 0.25) is 5.02 Å². The number of hydrogen-bond acceptors (Lipinski definition) is 4. The molecule has 0 amide bonds. The van der Waals surface area contributed by atoms with Crippen molar-refractivity contribution in [1.82, 2.24) is 9.97 Å². The smallest absolute Gasteiger partial charge is 0.351 e. The summed E-state index contributed by atoms with van der Waals surface area (Å²) in [6, 6.07) is 5.21. The monoisotopic (exact) mass is 342 g/mol. The van der Waals surface area contributed by atoms with Gasteiger partial charge < -0.3 is 10.6 Å². The predicted molar refractivity (Wildman–Crippen MR) is 85.2 cm³/mol. The summed E-state index contributed by atoms with van der Waals surface area (Å²) in [5.41, 5.74) is -0.00600. The summed E-state index contributed by atoms with van der Waals surface area (Å²) in [6.07, 6.45) is -2.87. The molecule has 0 saturated carbocycles. The van der Waals surface area contributed by atoms with Gasteiger partial charge in [-0.15, -0.1) is 6.58 Å². The van der Waals surface area contributed by atoms with E-state index in [1.54, 1.807) is 19.1 Å². The second-order valence-electron chi connectivity index (χ2n) is 4.71. The van der Waals surface area contributed by atoms with Gasteiger partial charge in [0.1, 0.15) is 5.82 Å². The summed E-state index contributed by atoms with van der Waals surface area (Å²) >= 11 is 5.60. The van der Waals surface area contributed by atoms with E-state index < -0.39 is 11.7 Å². The number of hydrogen-bond donors (Lipinski definition) is 2. The first-order valence-corrected chi connectivity index (χ1v) is 7.01. The highest BCUT2D eigenvalue weighted by molar-refractivity contribution is 6.31. The van der Waals surface area contributed by atoms with Crippen LogP contribution in [0.1, 0.15) is 11.3 Å². The van der Waals surface area contributed by atoms with Crippen LogP contribution in [0.15, 0.2) is 36.9 Å². The van der Waals surface area contributed by atoms with E-state index in [-0.39, 0.29) is 10.7 Å². The summed E-state index contributed by atoms with van der Waals surface area (Å²) < 4.78 is 38.6. The van der Waals surface area contributed by atoms with E-state index in [9.17, 15) is 13.2 Å². The number of halogens is 4. The molecule has 0 radical (unpaired) electrons. The first-order valence-electron chi connectivity index (χ1n) is 6.64. The van der Waals surface area contributed by atoms with Gasteiger partial charge in [0.15, 0.2) is 0 Å². The van der Waals surface area contributed by atoms with Crippen LogP contribution in [-0.4, -0.2) is 16.5 Å². The first kappa shape index (κ1) is 17.1. The van der Waals surface area contributed by atoms with Crippen molar-refractivity contribution >= 4 is 29.1 Å². The van der Waals surface area contributed by atoms with Gasteiger partial charge in [0.2, 0.25) is 5.95 Å². The maximum absolute atomic E-state index is 12.9. The molecule has 0 saturated heterocycles. The fourth-order valence-corrected chi connectivity index (χ4v) is 2.07. The summed E-state index contributed by atoms with van der Waals surface area (Å²) in [4.78, 5) is 8.36. The summed E-state index contributed by atoms with van der Waals surface area (Å²) in [7, 11) is 0. The fourth-order valence-electron chi connectivity index (χ4n) is 1.84. The minimum atomic E-state index is -4.52. The lowest BCUT2D eigenvalue weighted by molar-refractivity contribution is -0.137. The lowest BCUT2D eigenvalue weighted by Crippen LogP contribution is -2.08. The number of rotatable bonds is 5. The summed E-state index contributed by atoms with van der Waals surface area (Å²) in [6.45, 7) is 5.81. The molecule has 0 spiro atoms. The highest BCUT2D eigenvalue weighted by Crippen LogP contribution is 2.36. The molecule has 0 atom stereocenters. The van der Waals surface area contributed by atoms with Crippen LogP contribution in [0.25, 0.3) is 0 Å². The van der Waals surface area contributed by atoms with Gasteiger partial charge in [0.25, 0.3) is 0 Å². The molecule has 1 aromatic heterocycles. The summed E-state index contributed by atoms with van der Waals surface area (Å²) in [5, 5.41) is 5.40. The fraction of sp³-hybridized carbons (Fsp3) is 0.200. The van der Waals surface area contributed by atoms with Crippen LogP contribution < -0.4 is 10.6 Å². The topological polar surface area (TPSA) is 49.8 Å². The number of anilines is 3. The number of aromatic nitrogens is 2. The van der Waals surface area contributed by atoms with Crippen LogP contribution in [0.4, 0.5) is 30.6 Å². The van der Waals surface area contributed by atoms with Crippen molar-refractivity contribution in [1.29, 1.82) is 0 Å². The normalized spacial score (nSPS) is 11.2. The molecule has 2 rings (SSSR count). The van der Waals surface area contributed by atoms with Gasteiger partial charge in [0, 0.05) is 24.0 Å². The molecule has 2 aromatic rings. The molecular weight excluding hydrogens is 329 g/mol. The molecule has 0 aliphatic carbocycles. The van der Waals surface area contributed by atoms with Gasteiger partial charge in [-0.2, -0.15) is 18.2 Å². The number of aryl methyl sites for hydroxylation is 1. The van der Waals surface area contributed by atoms with Crippen LogP contribution in [0.5, 0.6) is 0 Å². The van der Waals surface area contributed by atoms with Crippen molar-refractivity contribution in [3.63, 3.8) is 0 Å². The lowest BCUT2D eigenvalue weighted by atomic mass is 10.2. The van der Waals surface area contributed by atoms with Crippen LogP contribution in [-0.2, 0) is 6.18 Å². The Labute approximate surface area is 136 Å². The van der Waals surface area contributed by atoms with Gasteiger partial charge >= 0.3 is 6.18 Å². The van der Waals surface area contributed by atoms with Crippen LogP contribution in [0, 0.1) is 6.92 Å². The average molecular weight is 343 g/mol. The van der Waals surface area contributed by atoms with Crippen molar-refractivity contribution < 1.29 is 13.2 Å². The molecule has 1 heterocycles. The molecule has 8 heteroatoms. The Bertz CT molecular complexity index is 716. The number of alkyl halides is 3. The van der Waals surface area contributed by atoms with Crippen molar-refractivity contribution in [2.45, 2.75) is 13.1 Å². The van der Waals surface area contributed by atoms with Gasteiger partial charge in [-0.05, 0) is 25.1 Å². The minimum absolute atomic E-state index is 0.231. The largest absolute Gasteiger partial charge is 0.417 e. The zero-order valence-electron chi connectivity index (χ0n) is 12.2. The predicted octanol–water partition coefficient (Wildman–Crippen LogP) is 4.80. The molecule has 0 fully saturated rings. The van der Waals surface area contributed by atoms with Gasteiger partial charge in [-0.1, -0.05) is 17.7 Å². The molecule has 0 bridgehead atoms. The third-order valence-corrected chi connectivity index (χ3v) is 3.13.